The van der Waals surface area contributed by atoms with Crippen LogP contribution in [0.1, 0.15) is 16.8 Å². The second-order valence-electron chi connectivity index (χ2n) is 5.41. The molecule has 0 saturated heterocycles. The van der Waals surface area contributed by atoms with Gasteiger partial charge in [0, 0.05) is 11.1 Å². The maximum atomic E-state index is 13.0. The van der Waals surface area contributed by atoms with E-state index in [9.17, 15) is 9.59 Å². The summed E-state index contributed by atoms with van der Waals surface area (Å²) in [6.45, 7) is 0. The van der Waals surface area contributed by atoms with Crippen molar-refractivity contribution in [3.63, 3.8) is 0 Å². The average Bonchev–Trinajstić information content (AvgIpc) is 2.99. The zero-order valence-electron chi connectivity index (χ0n) is 13.6. The molecule has 3 aromatic rings. The summed E-state index contributed by atoms with van der Waals surface area (Å²) in [5.41, 5.74) is 4.32. The van der Waals surface area contributed by atoms with Crippen LogP contribution in [0.15, 0.2) is 66.9 Å². The number of nitriles is 1. The summed E-state index contributed by atoms with van der Waals surface area (Å²) >= 11 is 5.40. The van der Waals surface area contributed by atoms with Crippen molar-refractivity contribution < 1.29 is 9.59 Å². The molecule has 0 atom stereocenters. The summed E-state index contributed by atoms with van der Waals surface area (Å²) < 4.78 is 2.77. The molecule has 2 aromatic carbocycles. The van der Waals surface area contributed by atoms with Crippen molar-refractivity contribution >= 4 is 24.0 Å². The molecule has 7 heteroatoms. The molecule has 3 rings (SSSR count). The van der Waals surface area contributed by atoms with Crippen LogP contribution in [0.3, 0.4) is 0 Å². The van der Waals surface area contributed by atoms with Gasteiger partial charge in [-0.3, -0.25) is 15.0 Å². The third kappa shape index (κ3) is 3.45. The molecular formula is C19H14N4O2S. The zero-order valence-corrected chi connectivity index (χ0v) is 14.4. The Morgan fingerprint density at radius 2 is 1.65 bits per heavy atom. The SMILES string of the molecule is N#CCC(=O)Nn1cc(-c2ccccc2)n(C(=O)c2ccccc2)c1=S. The van der Waals surface area contributed by atoms with Gasteiger partial charge in [0.15, 0.2) is 0 Å². The van der Waals surface area contributed by atoms with E-state index >= 15 is 0 Å². The van der Waals surface area contributed by atoms with Crippen molar-refractivity contribution in [2.45, 2.75) is 6.42 Å². The van der Waals surface area contributed by atoms with Crippen LogP contribution in [0.4, 0.5) is 0 Å². The van der Waals surface area contributed by atoms with Gasteiger partial charge in [-0.2, -0.15) is 5.26 Å². The van der Waals surface area contributed by atoms with Crippen molar-refractivity contribution in [1.82, 2.24) is 9.24 Å². The highest BCUT2D eigenvalue weighted by molar-refractivity contribution is 7.71. The number of hydrogen-bond acceptors (Lipinski definition) is 4. The Morgan fingerprint density at radius 1 is 1.04 bits per heavy atom. The fourth-order valence-electron chi connectivity index (χ4n) is 2.49. The van der Waals surface area contributed by atoms with E-state index in [1.165, 1.54) is 9.24 Å². The summed E-state index contributed by atoms with van der Waals surface area (Å²) in [6.07, 6.45) is 1.27. The highest BCUT2D eigenvalue weighted by Crippen LogP contribution is 2.22. The van der Waals surface area contributed by atoms with Crippen molar-refractivity contribution in [1.29, 1.82) is 5.26 Å². The van der Waals surface area contributed by atoms with E-state index in [-0.39, 0.29) is 17.1 Å². The molecule has 0 bridgehead atoms. The molecule has 0 radical (unpaired) electrons. The lowest BCUT2D eigenvalue weighted by Gasteiger charge is -2.07. The molecule has 0 unspecified atom stereocenters. The van der Waals surface area contributed by atoms with E-state index in [1.54, 1.807) is 36.5 Å². The van der Waals surface area contributed by atoms with Crippen LogP contribution in [0.25, 0.3) is 11.3 Å². The molecule has 6 nitrogen and oxygen atoms in total. The highest BCUT2D eigenvalue weighted by Gasteiger charge is 2.19. The van der Waals surface area contributed by atoms with Gasteiger partial charge in [0.1, 0.15) is 6.42 Å². The van der Waals surface area contributed by atoms with Gasteiger partial charge in [0.05, 0.1) is 18.0 Å². The topological polar surface area (TPSA) is 79.8 Å². The Labute approximate surface area is 154 Å². The van der Waals surface area contributed by atoms with E-state index in [0.717, 1.165) is 5.56 Å². The number of amides is 1. The minimum Gasteiger partial charge on any atom is -0.272 e. The normalized spacial score (nSPS) is 10.1. The number of nitrogens with one attached hydrogen (secondary N) is 1. The number of rotatable bonds is 4. The predicted molar refractivity (Wildman–Crippen MR) is 99.5 cm³/mol. The lowest BCUT2D eigenvalue weighted by molar-refractivity contribution is -0.116. The first-order chi connectivity index (χ1) is 12.6. The monoisotopic (exact) mass is 362 g/mol. The Kier molecular flexibility index (Phi) is 5.06. The lowest BCUT2D eigenvalue weighted by Crippen LogP contribution is -2.22. The van der Waals surface area contributed by atoms with Gasteiger partial charge in [0.25, 0.3) is 11.8 Å². The summed E-state index contributed by atoms with van der Waals surface area (Å²) in [5, 5.41) is 8.65. The number of nitrogens with zero attached hydrogens (tertiary/aromatic N) is 3. The number of carbonyl (C=O) groups excluding carboxylic acids is 2. The fraction of sp³-hybridized carbons (Fsp3) is 0.0526. The molecule has 128 valence electrons. The highest BCUT2D eigenvalue weighted by atomic mass is 32.1. The second kappa shape index (κ2) is 7.59. The molecule has 0 aliphatic heterocycles. The quantitative estimate of drug-likeness (QED) is 0.722. The first-order valence-corrected chi connectivity index (χ1v) is 8.19. The lowest BCUT2D eigenvalue weighted by atomic mass is 10.1. The van der Waals surface area contributed by atoms with Gasteiger partial charge < -0.3 is 0 Å². The molecule has 0 aliphatic carbocycles. The molecular weight excluding hydrogens is 348 g/mol. The molecule has 0 saturated carbocycles. The second-order valence-corrected chi connectivity index (χ2v) is 5.77. The van der Waals surface area contributed by atoms with Gasteiger partial charge >= 0.3 is 0 Å². The molecule has 1 heterocycles. The number of carbonyl (C=O) groups is 2. The Bertz CT molecular complexity index is 1050. The molecule has 26 heavy (non-hydrogen) atoms. The van der Waals surface area contributed by atoms with Crippen LogP contribution in [-0.2, 0) is 4.79 Å². The van der Waals surface area contributed by atoms with Gasteiger partial charge in [-0.05, 0) is 24.4 Å². The standard InChI is InChI=1S/C19H14N4O2S/c20-12-11-17(24)21-22-13-16(14-7-3-1-4-8-14)23(19(22)26)18(25)15-9-5-2-6-10-15/h1-10,13H,11H2,(H,21,24). The smallest absolute Gasteiger partial charge is 0.264 e. The molecule has 1 aromatic heterocycles. The van der Waals surface area contributed by atoms with Crippen molar-refractivity contribution in [2.75, 3.05) is 5.43 Å². The number of aromatic nitrogens is 2. The van der Waals surface area contributed by atoms with Gasteiger partial charge in [-0.1, -0.05) is 48.5 Å². The van der Waals surface area contributed by atoms with E-state index < -0.39 is 5.91 Å². The third-order valence-corrected chi connectivity index (χ3v) is 4.05. The fourth-order valence-corrected chi connectivity index (χ4v) is 2.77. The zero-order chi connectivity index (χ0) is 18.5. The van der Waals surface area contributed by atoms with Crippen molar-refractivity contribution in [3.05, 3.63) is 77.2 Å². The Morgan fingerprint density at radius 3 is 2.27 bits per heavy atom. The van der Waals surface area contributed by atoms with Crippen LogP contribution >= 0.6 is 12.2 Å². The van der Waals surface area contributed by atoms with Crippen LogP contribution in [0, 0.1) is 16.1 Å². The van der Waals surface area contributed by atoms with E-state index in [2.05, 4.69) is 5.43 Å². The molecule has 0 aliphatic rings. The summed E-state index contributed by atoms with van der Waals surface area (Å²) in [5.74, 6) is -0.810. The number of hydrogen-bond donors (Lipinski definition) is 1. The van der Waals surface area contributed by atoms with Crippen LogP contribution in [0.5, 0.6) is 0 Å². The number of imidazole rings is 1. The number of benzene rings is 2. The van der Waals surface area contributed by atoms with Crippen molar-refractivity contribution in [3.8, 4) is 17.3 Å². The van der Waals surface area contributed by atoms with Crippen LogP contribution in [0.2, 0.25) is 0 Å². The van der Waals surface area contributed by atoms with E-state index in [4.69, 9.17) is 17.5 Å². The largest absolute Gasteiger partial charge is 0.272 e. The van der Waals surface area contributed by atoms with Gasteiger partial charge in [0.2, 0.25) is 4.77 Å². The molecule has 0 fully saturated rings. The maximum absolute atomic E-state index is 13.0. The first-order valence-electron chi connectivity index (χ1n) is 7.78. The maximum Gasteiger partial charge on any atom is 0.264 e. The van der Waals surface area contributed by atoms with E-state index in [1.807, 2.05) is 36.4 Å². The first kappa shape index (κ1) is 17.3. The van der Waals surface area contributed by atoms with Crippen molar-refractivity contribution in [2.24, 2.45) is 0 Å². The summed E-state index contributed by atoms with van der Waals surface area (Å²) in [6, 6.07) is 19.8. The third-order valence-electron chi connectivity index (χ3n) is 3.67. The minimum atomic E-state index is -0.507. The van der Waals surface area contributed by atoms with Crippen LogP contribution in [-0.4, -0.2) is 21.1 Å². The van der Waals surface area contributed by atoms with E-state index in [0.29, 0.717) is 11.3 Å². The summed E-state index contributed by atoms with van der Waals surface area (Å²) in [7, 11) is 0. The molecule has 0 spiro atoms. The Balaban J connectivity index is 2.13. The minimum absolute atomic E-state index is 0.115. The van der Waals surface area contributed by atoms with Crippen LogP contribution < -0.4 is 5.43 Å². The molecule has 1 N–H and O–H groups in total. The average molecular weight is 362 g/mol. The Hall–Kier alpha value is -3.50. The summed E-state index contributed by atoms with van der Waals surface area (Å²) in [4.78, 5) is 24.8. The molecule has 1 amide bonds. The van der Waals surface area contributed by atoms with Gasteiger partial charge in [-0.15, -0.1) is 0 Å². The predicted octanol–water partition coefficient (Wildman–Crippen LogP) is 3.36. The van der Waals surface area contributed by atoms with Gasteiger partial charge in [-0.25, -0.2) is 9.24 Å².